The van der Waals surface area contributed by atoms with Gasteiger partial charge in [-0.3, -0.25) is 0 Å². The van der Waals surface area contributed by atoms with Gasteiger partial charge in [0, 0.05) is 3.57 Å². The fourth-order valence-corrected chi connectivity index (χ4v) is 3.96. The minimum atomic E-state index is 1.02. The average Bonchev–Trinajstić information content (AvgIpc) is 2.63. The van der Waals surface area contributed by atoms with Crippen molar-refractivity contribution in [3.63, 3.8) is 0 Å². The van der Waals surface area contributed by atoms with E-state index >= 15 is 0 Å². The summed E-state index contributed by atoms with van der Waals surface area (Å²) in [5.74, 6) is 0. The van der Waals surface area contributed by atoms with Gasteiger partial charge in [-0.05, 0) is 103 Å². The van der Waals surface area contributed by atoms with Crippen LogP contribution in [0.1, 0.15) is 23.1 Å². The molecule has 0 atom stereocenters. The highest BCUT2D eigenvalue weighted by molar-refractivity contribution is 14.1. The van der Waals surface area contributed by atoms with Gasteiger partial charge in [0.15, 0.2) is 0 Å². The van der Waals surface area contributed by atoms with Gasteiger partial charge in [-0.15, -0.1) is 0 Å². The standard InChI is InChI=1S/C24H19I/c1-16(19-8-10-22-15-23(25)12-11-21(22)14-19)13-20-9-7-18-5-3-4-6-24(18)17(20)2/h3,5,7-15H,1-2,4,6H2/b20-13-. The first-order valence-electron chi connectivity index (χ1n) is 8.49. The Morgan fingerprint density at radius 1 is 1.00 bits per heavy atom. The second kappa shape index (κ2) is 6.64. The molecule has 1 aliphatic rings. The van der Waals surface area contributed by atoms with Crippen LogP contribution in [-0.2, 0) is 6.42 Å². The van der Waals surface area contributed by atoms with E-state index in [0.717, 1.165) is 29.2 Å². The molecule has 0 aliphatic heterocycles. The second-order valence-electron chi connectivity index (χ2n) is 6.52. The third kappa shape index (κ3) is 3.21. The van der Waals surface area contributed by atoms with E-state index in [-0.39, 0.29) is 0 Å². The van der Waals surface area contributed by atoms with Gasteiger partial charge in [-0.1, -0.05) is 55.6 Å². The number of hydrogen-bond acceptors (Lipinski definition) is 0. The van der Waals surface area contributed by atoms with Crippen molar-refractivity contribution in [2.24, 2.45) is 0 Å². The molecule has 0 unspecified atom stereocenters. The summed E-state index contributed by atoms with van der Waals surface area (Å²) in [7, 11) is 0. The zero-order valence-electron chi connectivity index (χ0n) is 14.1. The van der Waals surface area contributed by atoms with Crippen molar-refractivity contribution >= 4 is 57.7 Å². The summed E-state index contributed by atoms with van der Waals surface area (Å²) >= 11 is 2.35. The minimum absolute atomic E-state index is 1.02. The zero-order valence-corrected chi connectivity index (χ0v) is 16.2. The average molecular weight is 434 g/mol. The number of fused-ring (bicyclic) bond motifs is 2. The van der Waals surface area contributed by atoms with Crippen LogP contribution in [0.15, 0.2) is 61.2 Å². The van der Waals surface area contributed by atoms with Crippen molar-refractivity contribution in [3.05, 3.63) is 91.9 Å². The fourth-order valence-electron chi connectivity index (χ4n) is 3.44. The van der Waals surface area contributed by atoms with Gasteiger partial charge in [0.05, 0.1) is 0 Å². The Balaban J connectivity index is 1.77. The smallest absolute Gasteiger partial charge is 0.0136 e. The predicted octanol–water partition coefficient (Wildman–Crippen LogP) is 5.31. The van der Waals surface area contributed by atoms with E-state index in [9.17, 15) is 0 Å². The molecule has 0 heterocycles. The normalized spacial score (nSPS) is 13.9. The van der Waals surface area contributed by atoms with Gasteiger partial charge in [0.2, 0.25) is 0 Å². The molecule has 0 amide bonds. The minimum Gasteiger partial charge on any atom is -0.0911 e. The lowest BCUT2D eigenvalue weighted by atomic mass is 9.94. The fraction of sp³-hybridized carbons (Fsp3) is 0.0833. The first-order chi connectivity index (χ1) is 12.1. The van der Waals surface area contributed by atoms with Crippen LogP contribution in [-0.4, -0.2) is 0 Å². The Morgan fingerprint density at radius 3 is 2.68 bits per heavy atom. The van der Waals surface area contributed by atoms with Gasteiger partial charge in [-0.2, -0.15) is 0 Å². The van der Waals surface area contributed by atoms with Crippen LogP contribution in [0.4, 0.5) is 0 Å². The molecule has 25 heavy (non-hydrogen) atoms. The van der Waals surface area contributed by atoms with Crippen LogP contribution in [0.25, 0.3) is 35.1 Å². The van der Waals surface area contributed by atoms with Gasteiger partial charge in [0.25, 0.3) is 0 Å². The lowest BCUT2D eigenvalue weighted by Crippen LogP contribution is -2.28. The predicted molar refractivity (Wildman–Crippen MR) is 119 cm³/mol. The zero-order chi connectivity index (χ0) is 17.4. The Morgan fingerprint density at radius 2 is 1.80 bits per heavy atom. The maximum absolute atomic E-state index is 4.33. The summed E-state index contributed by atoms with van der Waals surface area (Å²) in [4.78, 5) is 0. The molecule has 122 valence electrons. The number of benzene rings is 3. The summed E-state index contributed by atoms with van der Waals surface area (Å²) < 4.78 is 1.26. The summed E-state index contributed by atoms with van der Waals surface area (Å²) in [5, 5.41) is 4.82. The van der Waals surface area contributed by atoms with E-state index in [1.807, 2.05) is 0 Å². The van der Waals surface area contributed by atoms with Crippen LogP contribution >= 0.6 is 22.6 Å². The second-order valence-corrected chi connectivity index (χ2v) is 7.76. The lowest BCUT2D eigenvalue weighted by molar-refractivity contribution is 0.973. The summed E-state index contributed by atoms with van der Waals surface area (Å²) in [6.45, 7) is 8.63. The van der Waals surface area contributed by atoms with Crippen LogP contribution in [0.3, 0.4) is 0 Å². The third-order valence-electron chi connectivity index (χ3n) is 4.86. The highest BCUT2D eigenvalue weighted by Crippen LogP contribution is 2.23. The van der Waals surface area contributed by atoms with E-state index in [1.165, 1.54) is 30.7 Å². The maximum Gasteiger partial charge on any atom is 0.0136 e. The SMILES string of the molecule is C=C(/C=c1/ccc2c(c1=C)CCC=C2)c1ccc2cc(I)ccc2c1. The number of rotatable bonds is 2. The molecule has 0 aromatic heterocycles. The highest BCUT2D eigenvalue weighted by atomic mass is 127. The lowest BCUT2D eigenvalue weighted by Gasteiger charge is -2.11. The summed E-state index contributed by atoms with van der Waals surface area (Å²) in [6.07, 6.45) is 8.78. The van der Waals surface area contributed by atoms with Crippen molar-refractivity contribution in [3.8, 4) is 0 Å². The Labute approximate surface area is 162 Å². The van der Waals surface area contributed by atoms with Gasteiger partial charge in [0.1, 0.15) is 0 Å². The van der Waals surface area contributed by atoms with Crippen molar-refractivity contribution in [2.75, 3.05) is 0 Å². The molecule has 0 saturated carbocycles. The van der Waals surface area contributed by atoms with Crippen molar-refractivity contribution in [2.45, 2.75) is 12.8 Å². The number of hydrogen-bond donors (Lipinski definition) is 0. The molecule has 1 heteroatoms. The monoisotopic (exact) mass is 434 g/mol. The highest BCUT2D eigenvalue weighted by Gasteiger charge is 2.06. The summed E-state index contributed by atoms with van der Waals surface area (Å²) in [6, 6.07) is 17.4. The van der Waals surface area contributed by atoms with Gasteiger partial charge < -0.3 is 0 Å². The van der Waals surface area contributed by atoms with Crippen LogP contribution in [0, 0.1) is 3.57 Å². The van der Waals surface area contributed by atoms with Gasteiger partial charge in [-0.25, -0.2) is 0 Å². The Kier molecular flexibility index (Phi) is 4.34. The van der Waals surface area contributed by atoms with Crippen LogP contribution in [0.5, 0.6) is 0 Å². The first-order valence-corrected chi connectivity index (χ1v) is 9.57. The molecule has 3 aromatic rings. The molecule has 4 rings (SSSR count). The third-order valence-corrected chi connectivity index (χ3v) is 5.54. The van der Waals surface area contributed by atoms with Crippen molar-refractivity contribution in [1.29, 1.82) is 0 Å². The molecular weight excluding hydrogens is 415 g/mol. The van der Waals surface area contributed by atoms with Crippen LogP contribution < -0.4 is 10.4 Å². The quantitative estimate of drug-likeness (QED) is 0.480. The molecular formula is C24H19I. The molecule has 0 bridgehead atoms. The molecule has 0 spiro atoms. The molecule has 0 N–H and O–H groups in total. The molecule has 0 saturated heterocycles. The first kappa shape index (κ1) is 16.3. The molecule has 1 aliphatic carbocycles. The largest absolute Gasteiger partial charge is 0.0911 e. The number of halogens is 1. The molecule has 0 fully saturated rings. The van der Waals surface area contributed by atoms with Crippen molar-refractivity contribution < 1.29 is 0 Å². The van der Waals surface area contributed by atoms with E-state index < -0.39 is 0 Å². The topological polar surface area (TPSA) is 0 Å². The van der Waals surface area contributed by atoms with Crippen molar-refractivity contribution in [1.82, 2.24) is 0 Å². The van der Waals surface area contributed by atoms with E-state index in [4.69, 9.17) is 0 Å². The number of allylic oxidation sites excluding steroid dienone is 2. The van der Waals surface area contributed by atoms with E-state index in [1.54, 1.807) is 0 Å². The van der Waals surface area contributed by atoms with Gasteiger partial charge >= 0.3 is 0 Å². The van der Waals surface area contributed by atoms with E-state index in [0.29, 0.717) is 0 Å². The van der Waals surface area contributed by atoms with Crippen LogP contribution in [0.2, 0.25) is 0 Å². The molecule has 0 nitrogen and oxygen atoms in total. The molecule has 0 radical (unpaired) electrons. The Bertz CT molecular complexity index is 1130. The summed E-state index contributed by atoms with van der Waals surface area (Å²) in [5.41, 5.74) is 4.86. The maximum atomic E-state index is 4.33. The Hall–Kier alpha value is -2.13. The van der Waals surface area contributed by atoms with E-state index in [2.05, 4.69) is 103 Å². The molecule has 3 aromatic carbocycles.